The first kappa shape index (κ1) is 19.9. The first-order valence-corrected chi connectivity index (χ1v) is 9.19. The number of likely N-dealkylation sites (N-methyl/N-ethyl adjacent to an activating group) is 1. The minimum absolute atomic E-state index is 0.453. The molecule has 0 saturated heterocycles. The molecule has 0 fully saturated rings. The zero-order valence-electron chi connectivity index (χ0n) is 16.1. The van der Waals surface area contributed by atoms with Gasteiger partial charge in [-0.15, -0.1) is 0 Å². The molecule has 28 heavy (non-hydrogen) atoms. The highest BCUT2D eigenvalue weighted by Gasteiger charge is 2.19. The van der Waals surface area contributed by atoms with Crippen molar-refractivity contribution < 1.29 is 19.1 Å². The van der Waals surface area contributed by atoms with Gasteiger partial charge >= 0.3 is 5.97 Å². The third-order valence-electron chi connectivity index (χ3n) is 4.42. The van der Waals surface area contributed by atoms with E-state index < -0.39 is 12.0 Å². The lowest BCUT2D eigenvalue weighted by atomic mass is 10.1. The number of nitrogens with zero attached hydrogens (tertiary/aromatic N) is 2. The van der Waals surface area contributed by atoms with Crippen LogP contribution in [0.25, 0.3) is 11.1 Å². The predicted molar refractivity (Wildman–Crippen MR) is 106 cm³/mol. The number of ether oxygens (including phenoxy) is 1. The van der Waals surface area contributed by atoms with E-state index in [0.717, 1.165) is 22.4 Å². The van der Waals surface area contributed by atoms with Crippen LogP contribution in [0.4, 0.5) is 0 Å². The van der Waals surface area contributed by atoms with E-state index >= 15 is 0 Å². The summed E-state index contributed by atoms with van der Waals surface area (Å²) in [5.74, 6) is 0.582. The molecule has 1 aromatic heterocycles. The van der Waals surface area contributed by atoms with Gasteiger partial charge in [0.05, 0.1) is 6.54 Å². The molecule has 2 aromatic carbocycles. The maximum absolute atomic E-state index is 11.3. The highest BCUT2D eigenvalue weighted by atomic mass is 16.5. The molecule has 2 N–H and O–H groups in total. The smallest absolute Gasteiger partial charge is 0.321 e. The van der Waals surface area contributed by atoms with Gasteiger partial charge in [-0.3, -0.25) is 9.69 Å². The van der Waals surface area contributed by atoms with Gasteiger partial charge in [0.25, 0.3) is 0 Å². The van der Waals surface area contributed by atoms with Crippen molar-refractivity contribution in [2.45, 2.75) is 19.0 Å². The molecule has 3 aromatic rings. The molecule has 3 rings (SSSR count). The van der Waals surface area contributed by atoms with E-state index in [-0.39, 0.29) is 0 Å². The van der Waals surface area contributed by atoms with Crippen LogP contribution >= 0.6 is 0 Å². The second-order valence-electron chi connectivity index (χ2n) is 6.77. The second kappa shape index (κ2) is 9.34. The Bertz CT molecular complexity index is 872. The number of para-hydroxylation sites is 2. The zero-order chi connectivity index (χ0) is 19.9. The number of aromatic nitrogens is 1. The van der Waals surface area contributed by atoms with E-state index in [9.17, 15) is 9.90 Å². The average molecular weight is 383 g/mol. The highest BCUT2D eigenvalue weighted by molar-refractivity contribution is 5.74. The Labute approximate surface area is 163 Å². The van der Waals surface area contributed by atoms with Crippen LogP contribution < -0.4 is 10.1 Å². The molecule has 0 aliphatic carbocycles. The second-order valence-corrected chi connectivity index (χ2v) is 6.77. The van der Waals surface area contributed by atoms with Crippen LogP contribution in [0.1, 0.15) is 11.5 Å². The summed E-state index contributed by atoms with van der Waals surface area (Å²) in [5, 5.41) is 12.5. The molecule has 0 radical (unpaired) electrons. The van der Waals surface area contributed by atoms with Crippen molar-refractivity contribution in [2.75, 3.05) is 27.2 Å². The molecule has 0 spiro atoms. The Morgan fingerprint density at radius 2 is 1.96 bits per heavy atom. The number of fused-ring (bicyclic) bond motifs is 1. The Morgan fingerprint density at radius 3 is 2.64 bits per heavy atom. The number of hydrogen-bond acceptors (Lipinski definition) is 6. The van der Waals surface area contributed by atoms with Crippen molar-refractivity contribution in [3.63, 3.8) is 0 Å². The van der Waals surface area contributed by atoms with E-state index in [0.29, 0.717) is 32.0 Å². The van der Waals surface area contributed by atoms with E-state index in [1.807, 2.05) is 48.5 Å². The third-order valence-corrected chi connectivity index (χ3v) is 4.42. The number of benzene rings is 2. The topological polar surface area (TPSA) is 87.8 Å². The van der Waals surface area contributed by atoms with E-state index in [2.05, 4.69) is 10.3 Å². The van der Waals surface area contributed by atoms with Crippen LogP contribution in [-0.2, 0) is 17.8 Å². The molecule has 0 saturated carbocycles. The van der Waals surface area contributed by atoms with Crippen LogP contribution in [-0.4, -0.2) is 54.2 Å². The quantitative estimate of drug-likeness (QED) is 0.520. The molecule has 1 heterocycles. The number of hydrogen-bond donors (Lipinski definition) is 2. The number of oxazole rings is 1. The Hall–Kier alpha value is -2.90. The first-order valence-electron chi connectivity index (χ1n) is 9.19. The van der Waals surface area contributed by atoms with E-state index in [4.69, 9.17) is 9.15 Å². The average Bonchev–Trinajstić information content (AvgIpc) is 3.09. The van der Waals surface area contributed by atoms with Gasteiger partial charge in [0, 0.05) is 6.54 Å². The maximum Gasteiger partial charge on any atom is 0.321 e. The van der Waals surface area contributed by atoms with Crippen molar-refractivity contribution in [1.29, 1.82) is 0 Å². The van der Waals surface area contributed by atoms with E-state index in [1.165, 1.54) is 0 Å². The van der Waals surface area contributed by atoms with Crippen LogP contribution in [0.3, 0.4) is 0 Å². The number of rotatable bonds is 10. The fourth-order valence-corrected chi connectivity index (χ4v) is 2.87. The molecule has 0 bridgehead atoms. The maximum atomic E-state index is 11.3. The fraction of sp³-hybridized carbons (Fsp3) is 0.333. The molecule has 0 aliphatic heterocycles. The van der Waals surface area contributed by atoms with Gasteiger partial charge in [0.15, 0.2) is 5.58 Å². The predicted octanol–water partition coefficient (Wildman–Crippen LogP) is 2.55. The van der Waals surface area contributed by atoms with Gasteiger partial charge in [-0.1, -0.05) is 24.3 Å². The summed E-state index contributed by atoms with van der Waals surface area (Å²) in [7, 11) is 3.54. The van der Waals surface area contributed by atoms with Gasteiger partial charge in [0.2, 0.25) is 5.89 Å². The SMILES string of the molecule is CN(C)C(Cc1ccc(OCCNCc2nc3ccccc3o2)cc1)C(=O)O. The van der Waals surface area contributed by atoms with Crippen LogP contribution in [0, 0.1) is 0 Å². The van der Waals surface area contributed by atoms with Gasteiger partial charge < -0.3 is 19.6 Å². The number of carbonyl (C=O) groups is 1. The summed E-state index contributed by atoms with van der Waals surface area (Å²) in [6.45, 7) is 1.70. The van der Waals surface area contributed by atoms with Crippen molar-refractivity contribution in [1.82, 2.24) is 15.2 Å². The summed E-state index contributed by atoms with van der Waals surface area (Å²) in [4.78, 5) is 17.4. The Morgan fingerprint density at radius 1 is 1.21 bits per heavy atom. The molecular weight excluding hydrogens is 358 g/mol. The summed E-state index contributed by atoms with van der Waals surface area (Å²) < 4.78 is 11.4. The van der Waals surface area contributed by atoms with Crippen LogP contribution in [0.2, 0.25) is 0 Å². The minimum Gasteiger partial charge on any atom is -0.492 e. The molecular formula is C21H25N3O4. The van der Waals surface area contributed by atoms with E-state index in [1.54, 1.807) is 19.0 Å². The lowest BCUT2D eigenvalue weighted by Crippen LogP contribution is -2.37. The molecule has 1 atom stereocenters. The Balaban J connectivity index is 1.40. The fourth-order valence-electron chi connectivity index (χ4n) is 2.87. The molecule has 1 unspecified atom stereocenters. The number of carboxylic acid groups (broad SMARTS) is 1. The van der Waals surface area contributed by atoms with Crippen molar-refractivity contribution in [3.05, 3.63) is 60.0 Å². The lowest BCUT2D eigenvalue weighted by molar-refractivity contribution is -0.142. The van der Waals surface area contributed by atoms with Gasteiger partial charge in [0.1, 0.15) is 23.9 Å². The summed E-state index contributed by atoms with van der Waals surface area (Å²) in [5.41, 5.74) is 2.60. The number of nitrogens with one attached hydrogen (secondary N) is 1. The summed E-state index contributed by atoms with van der Waals surface area (Å²) in [6, 6.07) is 14.7. The molecule has 148 valence electrons. The molecule has 7 nitrogen and oxygen atoms in total. The normalized spacial score (nSPS) is 12.4. The number of carboxylic acids is 1. The van der Waals surface area contributed by atoms with Gasteiger partial charge in [-0.05, 0) is 50.3 Å². The van der Waals surface area contributed by atoms with Crippen LogP contribution in [0.5, 0.6) is 5.75 Å². The molecule has 7 heteroatoms. The van der Waals surface area contributed by atoms with Crippen LogP contribution in [0.15, 0.2) is 52.9 Å². The van der Waals surface area contributed by atoms with Crippen molar-refractivity contribution in [2.24, 2.45) is 0 Å². The van der Waals surface area contributed by atoms with Crippen molar-refractivity contribution in [3.8, 4) is 5.75 Å². The monoisotopic (exact) mass is 383 g/mol. The lowest BCUT2D eigenvalue weighted by Gasteiger charge is -2.20. The minimum atomic E-state index is -0.824. The highest BCUT2D eigenvalue weighted by Crippen LogP contribution is 2.15. The molecule has 0 amide bonds. The zero-order valence-corrected chi connectivity index (χ0v) is 16.1. The number of aliphatic carboxylic acids is 1. The summed E-state index contributed by atoms with van der Waals surface area (Å²) in [6.07, 6.45) is 0.453. The first-order chi connectivity index (χ1) is 13.5. The van der Waals surface area contributed by atoms with Gasteiger partial charge in [-0.25, -0.2) is 4.98 Å². The standard InChI is InChI=1S/C21H25N3O4/c1-24(2)18(21(25)26)13-15-7-9-16(10-8-15)27-12-11-22-14-20-23-17-5-3-4-6-19(17)28-20/h3-10,18,22H,11-14H2,1-2H3,(H,25,26). The third kappa shape index (κ3) is 5.31. The largest absolute Gasteiger partial charge is 0.492 e. The van der Waals surface area contributed by atoms with Crippen molar-refractivity contribution >= 4 is 17.1 Å². The Kier molecular flexibility index (Phi) is 6.62. The molecule has 0 aliphatic rings. The van der Waals surface area contributed by atoms with Gasteiger partial charge in [-0.2, -0.15) is 0 Å². The summed E-state index contributed by atoms with van der Waals surface area (Å²) >= 11 is 0.